The van der Waals surface area contributed by atoms with Crippen LogP contribution in [0.4, 0.5) is 0 Å². The Bertz CT molecular complexity index is 334. The predicted octanol–water partition coefficient (Wildman–Crippen LogP) is 3.49. The first-order valence-corrected chi connectivity index (χ1v) is 7.16. The van der Waals surface area contributed by atoms with E-state index in [2.05, 4.69) is 60.2 Å². The lowest BCUT2D eigenvalue weighted by Gasteiger charge is -2.38. The monoisotopic (exact) mass is 304 g/mol. The summed E-state index contributed by atoms with van der Waals surface area (Å²) in [5.74, 6) is 0. The third kappa shape index (κ3) is 3.29. The first kappa shape index (κ1) is 14.2. The van der Waals surface area contributed by atoms with Gasteiger partial charge in [-0.25, -0.2) is 0 Å². The molecule has 1 rings (SSSR count). The molecule has 1 aromatic heterocycles. The van der Waals surface area contributed by atoms with Crippen LogP contribution >= 0.6 is 27.3 Å². The van der Waals surface area contributed by atoms with Crippen LogP contribution in [0.15, 0.2) is 15.9 Å². The molecule has 0 fully saturated rings. The normalized spacial score (nSPS) is 14.4. The fraction of sp³-hybridized carbons (Fsp3) is 0.667. The quantitative estimate of drug-likeness (QED) is 0.902. The Labute approximate surface area is 111 Å². The Morgan fingerprint density at radius 2 is 2.12 bits per heavy atom. The minimum absolute atomic E-state index is 0.197. The second kappa shape index (κ2) is 5.63. The molecule has 0 bridgehead atoms. The lowest BCUT2D eigenvalue weighted by atomic mass is 9.80. The van der Waals surface area contributed by atoms with Gasteiger partial charge in [-0.2, -0.15) is 0 Å². The van der Waals surface area contributed by atoms with Crippen molar-refractivity contribution in [3.05, 3.63) is 20.8 Å². The van der Waals surface area contributed by atoms with Crippen molar-refractivity contribution < 1.29 is 0 Å². The van der Waals surface area contributed by atoms with Gasteiger partial charge in [0.2, 0.25) is 0 Å². The maximum atomic E-state index is 5.71. The number of thiophene rings is 1. The molecule has 0 aromatic carbocycles. The van der Waals surface area contributed by atoms with Crippen molar-refractivity contribution in [1.82, 2.24) is 4.90 Å². The zero-order valence-corrected chi connectivity index (χ0v) is 12.9. The summed E-state index contributed by atoms with van der Waals surface area (Å²) < 4.78 is 1.17. The van der Waals surface area contributed by atoms with Crippen molar-refractivity contribution in [2.45, 2.75) is 26.3 Å². The molecule has 1 heterocycles. The van der Waals surface area contributed by atoms with Crippen LogP contribution in [-0.4, -0.2) is 25.5 Å². The molecule has 92 valence electrons. The van der Waals surface area contributed by atoms with E-state index < -0.39 is 0 Å². The molecule has 2 nitrogen and oxygen atoms in total. The van der Waals surface area contributed by atoms with Crippen LogP contribution in [0.1, 0.15) is 31.2 Å². The van der Waals surface area contributed by atoms with E-state index in [1.165, 1.54) is 9.35 Å². The highest BCUT2D eigenvalue weighted by Crippen LogP contribution is 2.42. The van der Waals surface area contributed by atoms with Gasteiger partial charge in [0.25, 0.3) is 0 Å². The Hall–Kier alpha value is 0.1000. The lowest BCUT2D eigenvalue weighted by Crippen LogP contribution is -2.34. The molecule has 0 aliphatic heterocycles. The van der Waals surface area contributed by atoms with Crippen molar-refractivity contribution in [2.24, 2.45) is 11.1 Å². The second-order valence-electron chi connectivity index (χ2n) is 5.06. The van der Waals surface area contributed by atoms with Crippen LogP contribution in [0.3, 0.4) is 0 Å². The summed E-state index contributed by atoms with van der Waals surface area (Å²) in [5.41, 5.74) is 5.91. The van der Waals surface area contributed by atoms with Crippen LogP contribution in [0, 0.1) is 5.41 Å². The maximum absolute atomic E-state index is 5.71. The standard InChI is InChI=1S/C12H21BrN2S/c1-12(2,5-6-14)11(15(3)4)10-7-9(13)8-16-10/h7-8,11H,5-6,14H2,1-4H3. The van der Waals surface area contributed by atoms with Crippen LogP contribution in [0.25, 0.3) is 0 Å². The van der Waals surface area contributed by atoms with E-state index in [0.717, 1.165) is 13.0 Å². The van der Waals surface area contributed by atoms with Gasteiger partial charge in [0.15, 0.2) is 0 Å². The molecular formula is C12H21BrN2S. The molecule has 0 radical (unpaired) electrons. The molecule has 0 saturated carbocycles. The summed E-state index contributed by atoms with van der Waals surface area (Å²) in [6.07, 6.45) is 1.03. The van der Waals surface area contributed by atoms with Gasteiger partial charge in [-0.1, -0.05) is 13.8 Å². The van der Waals surface area contributed by atoms with Crippen molar-refractivity contribution >= 4 is 27.3 Å². The van der Waals surface area contributed by atoms with Gasteiger partial charge in [0.05, 0.1) is 0 Å². The van der Waals surface area contributed by atoms with E-state index in [0.29, 0.717) is 6.04 Å². The van der Waals surface area contributed by atoms with Gasteiger partial charge in [-0.05, 0) is 54.5 Å². The van der Waals surface area contributed by atoms with Crippen LogP contribution < -0.4 is 5.73 Å². The summed E-state index contributed by atoms with van der Waals surface area (Å²) in [4.78, 5) is 3.68. The zero-order valence-electron chi connectivity index (χ0n) is 10.5. The average molecular weight is 305 g/mol. The van der Waals surface area contributed by atoms with E-state index >= 15 is 0 Å². The van der Waals surface area contributed by atoms with E-state index in [1.807, 2.05) is 11.3 Å². The molecule has 0 spiro atoms. The number of rotatable bonds is 5. The Kier molecular flexibility index (Phi) is 4.98. The number of halogens is 1. The molecule has 0 saturated heterocycles. The van der Waals surface area contributed by atoms with E-state index in [9.17, 15) is 0 Å². The third-order valence-electron chi connectivity index (χ3n) is 2.90. The molecular weight excluding hydrogens is 284 g/mol. The first-order valence-electron chi connectivity index (χ1n) is 5.49. The highest BCUT2D eigenvalue weighted by atomic mass is 79.9. The van der Waals surface area contributed by atoms with Crippen molar-refractivity contribution in [3.63, 3.8) is 0 Å². The van der Waals surface area contributed by atoms with Crippen molar-refractivity contribution in [2.75, 3.05) is 20.6 Å². The Morgan fingerprint density at radius 1 is 1.50 bits per heavy atom. The summed E-state index contributed by atoms with van der Waals surface area (Å²) in [6.45, 7) is 5.32. The predicted molar refractivity (Wildman–Crippen MR) is 75.9 cm³/mol. The number of hydrogen-bond acceptors (Lipinski definition) is 3. The molecule has 1 unspecified atom stereocenters. The second-order valence-corrected chi connectivity index (χ2v) is 6.92. The first-order chi connectivity index (χ1) is 7.38. The summed E-state index contributed by atoms with van der Waals surface area (Å²) in [7, 11) is 4.27. The van der Waals surface area contributed by atoms with E-state index in [1.54, 1.807) is 0 Å². The summed E-state index contributed by atoms with van der Waals surface area (Å²) >= 11 is 5.33. The number of nitrogens with two attached hydrogens (primary N) is 1. The van der Waals surface area contributed by atoms with Gasteiger partial charge in [-0.3, -0.25) is 0 Å². The largest absolute Gasteiger partial charge is 0.330 e. The highest BCUT2D eigenvalue weighted by Gasteiger charge is 2.32. The molecule has 2 N–H and O–H groups in total. The molecule has 0 aliphatic rings. The lowest BCUT2D eigenvalue weighted by molar-refractivity contribution is 0.131. The van der Waals surface area contributed by atoms with Gasteiger partial charge < -0.3 is 10.6 Å². The topological polar surface area (TPSA) is 29.3 Å². The third-order valence-corrected chi connectivity index (χ3v) is 4.65. The van der Waals surface area contributed by atoms with Crippen LogP contribution in [0.2, 0.25) is 0 Å². The fourth-order valence-electron chi connectivity index (χ4n) is 2.32. The molecule has 16 heavy (non-hydrogen) atoms. The molecule has 0 aliphatic carbocycles. The van der Waals surface area contributed by atoms with Crippen LogP contribution in [-0.2, 0) is 0 Å². The van der Waals surface area contributed by atoms with Gasteiger partial charge in [0.1, 0.15) is 0 Å². The van der Waals surface area contributed by atoms with Gasteiger partial charge in [0, 0.05) is 20.8 Å². The number of nitrogens with zero attached hydrogens (tertiary/aromatic N) is 1. The summed E-state index contributed by atoms with van der Waals surface area (Å²) in [6, 6.07) is 2.64. The van der Waals surface area contributed by atoms with E-state index in [-0.39, 0.29) is 5.41 Å². The SMILES string of the molecule is CN(C)C(c1cc(Br)cs1)C(C)(C)CCN. The van der Waals surface area contributed by atoms with Gasteiger partial charge >= 0.3 is 0 Å². The minimum atomic E-state index is 0.197. The molecule has 0 amide bonds. The van der Waals surface area contributed by atoms with E-state index in [4.69, 9.17) is 5.73 Å². The highest BCUT2D eigenvalue weighted by molar-refractivity contribution is 9.10. The smallest absolute Gasteiger partial charge is 0.0487 e. The Balaban J connectivity index is 3.00. The van der Waals surface area contributed by atoms with Crippen molar-refractivity contribution in [1.29, 1.82) is 0 Å². The molecule has 1 aromatic rings. The Morgan fingerprint density at radius 3 is 2.50 bits per heavy atom. The van der Waals surface area contributed by atoms with Gasteiger partial charge in [-0.15, -0.1) is 11.3 Å². The molecule has 1 atom stereocenters. The van der Waals surface area contributed by atoms with Crippen molar-refractivity contribution in [3.8, 4) is 0 Å². The zero-order chi connectivity index (χ0) is 12.3. The fourth-order valence-corrected chi connectivity index (χ4v) is 4.17. The maximum Gasteiger partial charge on any atom is 0.0487 e. The number of hydrogen-bond donors (Lipinski definition) is 1. The summed E-state index contributed by atoms with van der Waals surface area (Å²) in [5, 5.41) is 2.14. The van der Waals surface area contributed by atoms with Crippen LogP contribution in [0.5, 0.6) is 0 Å². The minimum Gasteiger partial charge on any atom is -0.330 e. The average Bonchev–Trinajstić information content (AvgIpc) is 2.50. The molecule has 4 heteroatoms.